The number of hydrogen-bond acceptors (Lipinski definition) is 3. The Labute approximate surface area is 123 Å². The lowest BCUT2D eigenvalue weighted by Gasteiger charge is -2.09. The highest BCUT2D eigenvalue weighted by Crippen LogP contribution is 2.34. The summed E-state index contributed by atoms with van der Waals surface area (Å²) in [6, 6.07) is 13.6. The third-order valence-corrected chi connectivity index (χ3v) is 3.00. The van der Waals surface area contributed by atoms with Gasteiger partial charge in [0.25, 0.3) is 0 Å². The summed E-state index contributed by atoms with van der Waals surface area (Å²) in [7, 11) is 1.51. The van der Waals surface area contributed by atoms with Gasteiger partial charge in [-0.15, -0.1) is 13.2 Å². The number of hydrogen-bond donors (Lipinski definition) is 0. The fraction of sp³-hybridized carbons (Fsp3) is 0.125. The highest BCUT2D eigenvalue weighted by molar-refractivity contribution is 5.87. The van der Waals surface area contributed by atoms with Crippen molar-refractivity contribution >= 4 is 11.0 Å². The molecule has 0 amide bonds. The van der Waals surface area contributed by atoms with Crippen molar-refractivity contribution in [3.05, 3.63) is 48.5 Å². The molecule has 0 saturated heterocycles. The molecule has 0 unspecified atom stereocenters. The first-order valence-electron chi connectivity index (χ1n) is 6.31. The maximum Gasteiger partial charge on any atom is 0.573 e. The van der Waals surface area contributed by atoms with Crippen molar-refractivity contribution < 1.29 is 27.1 Å². The van der Waals surface area contributed by atoms with Gasteiger partial charge in [-0.05, 0) is 36.4 Å². The molecule has 1 aromatic heterocycles. The molecule has 2 aromatic carbocycles. The first-order valence-corrected chi connectivity index (χ1v) is 6.31. The first-order chi connectivity index (χ1) is 10.5. The molecule has 0 aliphatic carbocycles. The van der Waals surface area contributed by atoms with Gasteiger partial charge in [0.1, 0.15) is 11.5 Å². The molecule has 0 aliphatic heterocycles. The number of rotatable bonds is 3. The van der Waals surface area contributed by atoms with E-state index < -0.39 is 6.36 Å². The van der Waals surface area contributed by atoms with Gasteiger partial charge in [0, 0.05) is 10.9 Å². The molecule has 0 spiro atoms. The number of furan rings is 1. The van der Waals surface area contributed by atoms with Crippen molar-refractivity contribution in [1.82, 2.24) is 0 Å². The molecule has 0 saturated carbocycles. The minimum absolute atomic E-state index is 0.325. The van der Waals surface area contributed by atoms with Gasteiger partial charge in [-0.3, -0.25) is 0 Å². The van der Waals surface area contributed by atoms with Crippen LogP contribution in [0.3, 0.4) is 0 Å². The minimum atomic E-state index is -4.74. The van der Waals surface area contributed by atoms with Gasteiger partial charge in [-0.25, -0.2) is 0 Å². The smallest absolute Gasteiger partial charge is 0.493 e. The number of benzene rings is 2. The van der Waals surface area contributed by atoms with E-state index in [0.717, 1.165) is 5.39 Å². The summed E-state index contributed by atoms with van der Waals surface area (Å²) >= 11 is 0. The Kier molecular flexibility index (Phi) is 3.44. The Morgan fingerprint density at radius 1 is 1.14 bits per heavy atom. The van der Waals surface area contributed by atoms with Gasteiger partial charge >= 0.3 is 6.36 Å². The largest absolute Gasteiger partial charge is 0.573 e. The highest BCUT2D eigenvalue weighted by Gasteiger charge is 2.31. The average Bonchev–Trinajstić information content (AvgIpc) is 2.89. The summed E-state index contributed by atoms with van der Waals surface area (Å²) in [5, 5.41) is 0.782. The van der Waals surface area contributed by atoms with Crippen LogP contribution in [0.5, 0.6) is 11.5 Å². The van der Waals surface area contributed by atoms with E-state index in [1.54, 1.807) is 18.2 Å². The number of para-hydroxylation sites is 1. The van der Waals surface area contributed by atoms with E-state index in [1.165, 1.54) is 25.3 Å². The zero-order chi connectivity index (χ0) is 15.7. The number of halogens is 3. The summed E-state index contributed by atoms with van der Waals surface area (Å²) < 4.78 is 51.6. The van der Waals surface area contributed by atoms with Crippen LogP contribution < -0.4 is 9.47 Å². The van der Waals surface area contributed by atoms with Crippen LogP contribution in [0.25, 0.3) is 22.3 Å². The summed E-state index contributed by atoms with van der Waals surface area (Å²) in [5.41, 5.74) is 0.885. The highest BCUT2D eigenvalue weighted by atomic mass is 19.4. The van der Waals surface area contributed by atoms with Crippen LogP contribution in [0.2, 0.25) is 0 Å². The fourth-order valence-corrected chi connectivity index (χ4v) is 2.11. The standard InChI is InChI=1S/C16H10F3O3/c1-20-13-7-3-5-11-9-14(21-15(11)13)10-4-2-6-12(8-10)22-16(17,18)19/h2-3,5-9H,1H3. The summed E-state index contributed by atoms with van der Waals surface area (Å²) in [5.74, 6) is 0.604. The van der Waals surface area contributed by atoms with Crippen molar-refractivity contribution in [2.45, 2.75) is 6.36 Å². The van der Waals surface area contributed by atoms with Gasteiger partial charge in [0.15, 0.2) is 11.3 Å². The molecule has 6 heteroatoms. The Bertz CT molecular complexity index is 806. The Balaban J connectivity index is 2.02. The molecule has 0 bridgehead atoms. The Morgan fingerprint density at radius 2 is 1.95 bits per heavy atom. The minimum Gasteiger partial charge on any atom is -0.493 e. The van der Waals surface area contributed by atoms with Crippen LogP contribution in [0.1, 0.15) is 0 Å². The normalized spacial score (nSPS) is 11.6. The summed E-state index contributed by atoms with van der Waals surface area (Å²) in [6.07, 6.45) is -4.74. The first kappa shape index (κ1) is 14.3. The van der Waals surface area contributed by atoms with E-state index >= 15 is 0 Å². The lowest BCUT2D eigenvalue weighted by molar-refractivity contribution is -0.274. The van der Waals surface area contributed by atoms with Crippen LogP contribution in [0.15, 0.2) is 46.9 Å². The van der Waals surface area contributed by atoms with Crippen LogP contribution in [0, 0.1) is 6.07 Å². The molecule has 0 aliphatic rings. The van der Waals surface area contributed by atoms with E-state index in [9.17, 15) is 13.2 Å². The van der Waals surface area contributed by atoms with Crippen molar-refractivity contribution in [2.24, 2.45) is 0 Å². The van der Waals surface area contributed by atoms with Gasteiger partial charge in [0.05, 0.1) is 7.11 Å². The molecular formula is C16H10F3O3. The second-order valence-corrected chi connectivity index (χ2v) is 4.48. The average molecular weight is 307 g/mol. The monoisotopic (exact) mass is 307 g/mol. The second-order valence-electron chi connectivity index (χ2n) is 4.48. The molecule has 1 radical (unpaired) electrons. The van der Waals surface area contributed by atoms with Crippen LogP contribution in [-0.2, 0) is 0 Å². The molecule has 0 atom stereocenters. The van der Waals surface area contributed by atoms with E-state index in [0.29, 0.717) is 22.7 Å². The second kappa shape index (κ2) is 5.29. The molecule has 0 fully saturated rings. The zero-order valence-corrected chi connectivity index (χ0v) is 11.4. The topological polar surface area (TPSA) is 31.6 Å². The van der Waals surface area contributed by atoms with Gasteiger partial charge in [-0.2, -0.15) is 0 Å². The molecule has 22 heavy (non-hydrogen) atoms. The molecule has 3 aromatic rings. The van der Waals surface area contributed by atoms with Gasteiger partial charge in [-0.1, -0.05) is 12.1 Å². The summed E-state index contributed by atoms with van der Waals surface area (Å²) in [6.45, 7) is 0. The van der Waals surface area contributed by atoms with E-state index in [-0.39, 0.29) is 5.75 Å². The Hall–Kier alpha value is -2.63. The van der Waals surface area contributed by atoms with Crippen molar-refractivity contribution in [3.63, 3.8) is 0 Å². The number of ether oxygens (including phenoxy) is 2. The fourth-order valence-electron chi connectivity index (χ4n) is 2.11. The van der Waals surface area contributed by atoms with E-state index in [4.69, 9.17) is 9.15 Å². The number of alkyl halides is 3. The van der Waals surface area contributed by atoms with Crippen molar-refractivity contribution in [2.75, 3.05) is 7.11 Å². The predicted octanol–water partition coefficient (Wildman–Crippen LogP) is 4.81. The van der Waals surface area contributed by atoms with E-state index in [1.807, 2.05) is 6.07 Å². The zero-order valence-electron chi connectivity index (χ0n) is 11.4. The van der Waals surface area contributed by atoms with Crippen LogP contribution in [0.4, 0.5) is 13.2 Å². The molecule has 3 rings (SSSR count). The van der Waals surface area contributed by atoms with E-state index in [2.05, 4.69) is 10.8 Å². The lowest BCUT2D eigenvalue weighted by Crippen LogP contribution is -2.17. The maximum absolute atomic E-state index is 12.3. The van der Waals surface area contributed by atoms with Crippen LogP contribution in [-0.4, -0.2) is 13.5 Å². The number of methoxy groups -OCH3 is 1. The maximum atomic E-state index is 12.3. The number of fused-ring (bicyclic) bond motifs is 1. The molecule has 113 valence electrons. The molecule has 0 N–H and O–H groups in total. The predicted molar refractivity (Wildman–Crippen MR) is 73.7 cm³/mol. The SMILES string of the molecule is COc1cccc2cc(-c3[c]ccc(OC(F)(F)F)c3)oc12. The van der Waals surface area contributed by atoms with Crippen molar-refractivity contribution in [3.8, 4) is 22.8 Å². The molecule has 1 heterocycles. The molecule has 3 nitrogen and oxygen atoms in total. The lowest BCUT2D eigenvalue weighted by atomic mass is 10.1. The quantitative estimate of drug-likeness (QED) is 0.696. The molecular weight excluding hydrogens is 297 g/mol. The third kappa shape index (κ3) is 2.86. The third-order valence-electron chi connectivity index (χ3n) is 3.00. The van der Waals surface area contributed by atoms with Gasteiger partial charge < -0.3 is 13.9 Å². The van der Waals surface area contributed by atoms with Crippen LogP contribution >= 0.6 is 0 Å². The van der Waals surface area contributed by atoms with Gasteiger partial charge in [0.2, 0.25) is 0 Å². The summed E-state index contributed by atoms with van der Waals surface area (Å²) in [4.78, 5) is 0. The Morgan fingerprint density at radius 3 is 2.68 bits per heavy atom. The van der Waals surface area contributed by atoms with Crippen molar-refractivity contribution in [1.29, 1.82) is 0 Å².